The van der Waals surface area contributed by atoms with E-state index in [9.17, 15) is 13.6 Å². The van der Waals surface area contributed by atoms with Crippen LogP contribution >= 0.6 is 0 Å². The second kappa shape index (κ2) is 5.64. The van der Waals surface area contributed by atoms with Crippen molar-refractivity contribution in [3.8, 4) is 22.6 Å². The molecule has 118 valence electrons. The van der Waals surface area contributed by atoms with Gasteiger partial charge in [-0.05, 0) is 12.1 Å². The monoisotopic (exact) mass is 318 g/mol. The highest BCUT2D eigenvalue weighted by molar-refractivity contribution is 5.91. The highest BCUT2D eigenvalue weighted by Crippen LogP contribution is 2.33. The molecule has 0 aliphatic heterocycles. The molecule has 0 bridgehead atoms. The van der Waals surface area contributed by atoms with E-state index in [-0.39, 0.29) is 23.1 Å². The van der Waals surface area contributed by atoms with E-state index < -0.39 is 11.6 Å². The summed E-state index contributed by atoms with van der Waals surface area (Å²) < 4.78 is 32.4. The Hall–Kier alpha value is -3.03. The van der Waals surface area contributed by atoms with Crippen molar-refractivity contribution in [2.45, 2.75) is 0 Å². The molecule has 0 unspecified atom stereocenters. The molecule has 1 aromatic carbocycles. The summed E-state index contributed by atoms with van der Waals surface area (Å²) in [4.78, 5) is 20.1. The van der Waals surface area contributed by atoms with Gasteiger partial charge in [0.25, 0.3) is 5.91 Å². The van der Waals surface area contributed by atoms with Crippen molar-refractivity contribution in [3.63, 3.8) is 0 Å². The van der Waals surface area contributed by atoms with Gasteiger partial charge in [-0.1, -0.05) is 11.2 Å². The molecular weight excluding hydrogens is 306 g/mol. The summed E-state index contributed by atoms with van der Waals surface area (Å²) in [6.45, 7) is 0. The van der Waals surface area contributed by atoms with Crippen molar-refractivity contribution in [1.82, 2.24) is 20.0 Å². The van der Waals surface area contributed by atoms with E-state index in [1.54, 1.807) is 14.1 Å². The first-order chi connectivity index (χ1) is 11.0. The number of nitrogens with one attached hydrogen (secondary N) is 1. The van der Waals surface area contributed by atoms with Gasteiger partial charge >= 0.3 is 0 Å². The second-order valence-corrected chi connectivity index (χ2v) is 5.00. The maximum atomic E-state index is 13.9. The van der Waals surface area contributed by atoms with Crippen LogP contribution in [0.2, 0.25) is 0 Å². The van der Waals surface area contributed by atoms with Crippen LogP contribution < -0.4 is 0 Å². The van der Waals surface area contributed by atoms with Crippen LogP contribution in [0.3, 0.4) is 0 Å². The van der Waals surface area contributed by atoms with Gasteiger partial charge in [0.15, 0.2) is 23.2 Å². The minimum absolute atomic E-state index is 0.0392. The summed E-state index contributed by atoms with van der Waals surface area (Å²) in [6.07, 6.45) is 2.81. The zero-order chi connectivity index (χ0) is 16.6. The Bertz CT molecular complexity index is 870. The van der Waals surface area contributed by atoms with Crippen molar-refractivity contribution >= 4 is 5.91 Å². The summed E-state index contributed by atoms with van der Waals surface area (Å²) in [5, 5.41) is 3.62. The molecule has 2 heterocycles. The predicted molar refractivity (Wildman–Crippen MR) is 77.5 cm³/mol. The number of nitrogens with zero attached hydrogens (tertiary/aromatic N) is 3. The number of carbonyl (C=O) groups excluding carboxylic acids is 1. The lowest BCUT2D eigenvalue weighted by Gasteiger charge is -2.06. The fourth-order valence-electron chi connectivity index (χ4n) is 2.08. The number of H-pyrrole nitrogens is 1. The molecule has 3 aromatic rings. The van der Waals surface area contributed by atoms with Gasteiger partial charge < -0.3 is 14.4 Å². The predicted octanol–water partition coefficient (Wildman–Crippen LogP) is 2.71. The van der Waals surface area contributed by atoms with Crippen molar-refractivity contribution in [2.75, 3.05) is 14.1 Å². The topological polar surface area (TPSA) is 75.0 Å². The smallest absolute Gasteiger partial charge is 0.289 e. The van der Waals surface area contributed by atoms with Crippen LogP contribution in [0.5, 0.6) is 0 Å². The number of aromatic nitrogens is 3. The van der Waals surface area contributed by atoms with Gasteiger partial charge in [-0.15, -0.1) is 0 Å². The molecule has 0 radical (unpaired) electrons. The molecule has 0 aliphatic rings. The molecule has 0 spiro atoms. The molecule has 8 heteroatoms. The zero-order valence-corrected chi connectivity index (χ0v) is 12.3. The van der Waals surface area contributed by atoms with Crippen LogP contribution in [-0.4, -0.2) is 40.0 Å². The van der Waals surface area contributed by atoms with Gasteiger partial charge in [0.2, 0.25) is 0 Å². The number of rotatable bonds is 3. The highest BCUT2D eigenvalue weighted by atomic mass is 19.2. The molecular formula is C15H12F2N4O2. The largest absolute Gasteiger partial charge is 0.355 e. The number of imidazole rings is 1. The van der Waals surface area contributed by atoms with Gasteiger partial charge in [-0.2, -0.15) is 0 Å². The minimum atomic E-state index is -1.04. The van der Waals surface area contributed by atoms with Crippen molar-refractivity contribution < 1.29 is 18.1 Å². The van der Waals surface area contributed by atoms with E-state index in [1.807, 2.05) is 0 Å². The Kier molecular flexibility index (Phi) is 3.65. The third kappa shape index (κ3) is 2.59. The van der Waals surface area contributed by atoms with Gasteiger partial charge in [0.1, 0.15) is 0 Å². The summed E-state index contributed by atoms with van der Waals surface area (Å²) in [5.41, 5.74) is 0.625. The Morgan fingerprint density at radius 1 is 1.26 bits per heavy atom. The Morgan fingerprint density at radius 3 is 2.78 bits per heavy atom. The zero-order valence-electron chi connectivity index (χ0n) is 12.3. The van der Waals surface area contributed by atoms with Crippen LogP contribution in [-0.2, 0) is 0 Å². The van der Waals surface area contributed by atoms with E-state index >= 15 is 0 Å². The summed E-state index contributed by atoms with van der Waals surface area (Å²) >= 11 is 0. The molecule has 1 N–H and O–H groups in total. The first-order valence-corrected chi connectivity index (χ1v) is 6.65. The Labute approximate surface area is 129 Å². The van der Waals surface area contributed by atoms with Crippen LogP contribution in [0.15, 0.2) is 35.1 Å². The van der Waals surface area contributed by atoms with Crippen LogP contribution in [0.25, 0.3) is 22.6 Å². The molecule has 0 atom stereocenters. The van der Waals surface area contributed by atoms with Crippen molar-refractivity contribution in [1.29, 1.82) is 0 Å². The molecule has 23 heavy (non-hydrogen) atoms. The van der Waals surface area contributed by atoms with E-state index in [0.717, 1.165) is 6.07 Å². The van der Waals surface area contributed by atoms with Gasteiger partial charge in [0, 0.05) is 20.3 Å². The molecule has 1 amide bonds. The molecule has 2 aromatic heterocycles. The second-order valence-electron chi connectivity index (χ2n) is 5.00. The number of hydrogen-bond donors (Lipinski definition) is 1. The summed E-state index contributed by atoms with van der Waals surface area (Å²) in [6, 6.07) is 3.75. The van der Waals surface area contributed by atoms with Crippen LogP contribution in [0.1, 0.15) is 10.6 Å². The molecule has 0 saturated heterocycles. The fourth-order valence-corrected chi connectivity index (χ4v) is 2.08. The third-order valence-corrected chi connectivity index (χ3v) is 3.23. The normalized spacial score (nSPS) is 10.8. The van der Waals surface area contributed by atoms with E-state index in [0.29, 0.717) is 11.3 Å². The number of carbonyl (C=O) groups is 1. The molecule has 0 fully saturated rings. The van der Waals surface area contributed by atoms with Gasteiger partial charge in [-0.3, -0.25) is 4.79 Å². The number of hydrogen-bond acceptors (Lipinski definition) is 4. The van der Waals surface area contributed by atoms with Crippen LogP contribution in [0.4, 0.5) is 8.78 Å². The third-order valence-electron chi connectivity index (χ3n) is 3.23. The molecule has 6 nitrogen and oxygen atoms in total. The Balaban J connectivity index is 2.05. The average Bonchev–Trinajstić information content (AvgIpc) is 3.17. The Morgan fingerprint density at radius 2 is 2.04 bits per heavy atom. The standard InChI is InChI=1S/C15H12F2N4O2/c1-21(2)15(22)14-18-7-11(20-14)9-6-19-23-13(9)8-4-3-5-10(16)12(8)17/h3-7H,1-2H3,(H,18,20). The summed E-state index contributed by atoms with van der Waals surface area (Å²) in [5.74, 6) is -2.18. The quantitative estimate of drug-likeness (QED) is 0.805. The highest BCUT2D eigenvalue weighted by Gasteiger charge is 2.21. The fraction of sp³-hybridized carbons (Fsp3) is 0.133. The minimum Gasteiger partial charge on any atom is -0.355 e. The SMILES string of the molecule is CN(C)C(=O)c1nc(-c2cnoc2-c2cccc(F)c2F)c[nH]1. The lowest BCUT2D eigenvalue weighted by Crippen LogP contribution is -2.22. The van der Waals surface area contributed by atoms with Crippen molar-refractivity contribution in [3.05, 3.63) is 48.1 Å². The van der Waals surface area contributed by atoms with E-state index in [4.69, 9.17) is 4.52 Å². The number of benzene rings is 1. The summed E-state index contributed by atoms with van der Waals surface area (Å²) in [7, 11) is 3.19. The maximum Gasteiger partial charge on any atom is 0.289 e. The molecule has 0 saturated carbocycles. The van der Waals surface area contributed by atoms with E-state index in [2.05, 4.69) is 15.1 Å². The lowest BCUT2D eigenvalue weighted by atomic mass is 10.1. The molecule has 3 rings (SSSR count). The van der Waals surface area contributed by atoms with Crippen LogP contribution in [0, 0.1) is 11.6 Å². The molecule has 0 aliphatic carbocycles. The number of amides is 1. The van der Waals surface area contributed by atoms with Gasteiger partial charge in [-0.25, -0.2) is 13.8 Å². The van der Waals surface area contributed by atoms with E-state index in [1.165, 1.54) is 29.4 Å². The lowest BCUT2D eigenvalue weighted by molar-refractivity contribution is 0.0817. The maximum absolute atomic E-state index is 13.9. The van der Waals surface area contributed by atoms with Gasteiger partial charge in [0.05, 0.1) is 23.0 Å². The number of halogens is 2. The first kappa shape index (κ1) is 14.9. The van der Waals surface area contributed by atoms with Crippen molar-refractivity contribution in [2.24, 2.45) is 0 Å². The average molecular weight is 318 g/mol. The number of aromatic amines is 1. The first-order valence-electron chi connectivity index (χ1n) is 6.65.